The van der Waals surface area contributed by atoms with Gasteiger partial charge in [0.15, 0.2) is 0 Å². The minimum Gasteiger partial charge on any atom is -0.462 e. The molecule has 0 bridgehead atoms. The van der Waals surface area contributed by atoms with Crippen LogP contribution >= 0.6 is 0 Å². The SMILES string of the molecule is CCC(C)(C)NCC(=O)OC(C)C. The number of ether oxygens (including phenoxy) is 1. The number of nitrogens with one attached hydrogen (secondary N) is 1. The van der Waals surface area contributed by atoms with Crippen molar-refractivity contribution in [3.63, 3.8) is 0 Å². The summed E-state index contributed by atoms with van der Waals surface area (Å²) in [5.74, 6) is -0.184. The monoisotopic (exact) mass is 187 g/mol. The van der Waals surface area contributed by atoms with Gasteiger partial charge in [-0.1, -0.05) is 6.92 Å². The average molecular weight is 187 g/mol. The standard InChI is InChI=1S/C10H21NO2/c1-6-10(4,5)11-7-9(12)13-8(2)3/h8,11H,6-7H2,1-5H3. The van der Waals surface area contributed by atoms with Crippen molar-refractivity contribution >= 4 is 5.97 Å². The summed E-state index contributed by atoms with van der Waals surface area (Å²) >= 11 is 0. The molecule has 0 amide bonds. The third-order valence-electron chi connectivity index (χ3n) is 1.96. The zero-order valence-corrected chi connectivity index (χ0v) is 9.31. The third-order valence-corrected chi connectivity index (χ3v) is 1.96. The maximum atomic E-state index is 11.1. The van der Waals surface area contributed by atoms with E-state index in [4.69, 9.17) is 4.74 Å². The van der Waals surface area contributed by atoms with Crippen molar-refractivity contribution in [3.05, 3.63) is 0 Å². The Morgan fingerprint density at radius 3 is 2.38 bits per heavy atom. The molecule has 0 atom stereocenters. The molecule has 13 heavy (non-hydrogen) atoms. The Labute approximate surface area is 80.8 Å². The van der Waals surface area contributed by atoms with E-state index in [9.17, 15) is 4.79 Å². The van der Waals surface area contributed by atoms with Crippen LogP contribution in [0.1, 0.15) is 41.0 Å². The molecular formula is C10H21NO2. The minimum atomic E-state index is -0.184. The highest BCUT2D eigenvalue weighted by atomic mass is 16.5. The highest BCUT2D eigenvalue weighted by molar-refractivity contribution is 5.71. The van der Waals surface area contributed by atoms with E-state index < -0.39 is 0 Å². The van der Waals surface area contributed by atoms with Gasteiger partial charge in [0, 0.05) is 5.54 Å². The Kier molecular flexibility index (Phi) is 4.99. The number of carbonyl (C=O) groups excluding carboxylic acids is 1. The second kappa shape index (κ2) is 5.22. The van der Waals surface area contributed by atoms with Crippen molar-refractivity contribution in [2.45, 2.75) is 52.7 Å². The smallest absolute Gasteiger partial charge is 0.320 e. The molecule has 0 aromatic rings. The van der Waals surface area contributed by atoms with Gasteiger partial charge in [0.1, 0.15) is 0 Å². The molecule has 0 heterocycles. The topological polar surface area (TPSA) is 38.3 Å². The molecule has 0 saturated carbocycles. The quantitative estimate of drug-likeness (QED) is 0.666. The number of carbonyl (C=O) groups is 1. The Morgan fingerprint density at radius 1 is 1.46 bits per heavy atom. The van der Waals surface area contributed by atoms with Crippen molar-refractivity contribution in [1.29, 1.82) is 0 Å². The van der Waals surface area contributed by atoms with E-state index in [1.165, 1.54) is 0 Å². The fraction of sp³-hybridized carbons (Fsp3) is 0.900. The Morgan fingerprint density at radius 2 is 2.00 bits per heavy atom. The van der Waals surface area contributed by atoms with Gasteiger partial charge >= 0.3 is 5.97 Å². The molecule has 0 saturated heterocycles. The largest absolute Gasteiger partial charge is 0.462 e. The molecule has 3 nitrogen and oxygen atoms in total. The van der Waals surface area contributed by atoms with Gasteiger partial charge in [-0.05, 0) is 34.1 Å². The predicted octanol–water partition coefficient (Wildman–Crippen LogP) is 1.72. The molecule has 0 aliphatic rings. The van der Waals surface area contributed by atoms with Crippen molar-refractivity contribution in [3.8, 4) is 0 Å². The zero-order chi connectivity index (χ0) is 10.5. The van der Waals surface area contributed by atoms with Crippen LogP contribution in [-0.2, 0) is 9.53 Å². The number of hydrogen-bond acceptors (Lipinski definition) is 3. The predicted molar refractivity (Wildman–Crippen MR) is 53.6 cm³/mol. The first-order chi connectivity index (χ1) is 5.87. The van der Waals surface area contributed by atoms with E-state index in [2.05, 4.69) is 26.1 Å². The summed E-state index contributed by atoms with van der Waals surface area (Å²) in [6.45, 7) is 10.2. The molecule has 0 fully saturated rings. The first-order valence-electron chi connectivity index (χ1n) is 4.82. The highest BCUT2D eigenvalue weighted by Gasteiger charge is 2.16. The molecule has 3 heteroatoms. The Bertz CT molecular complexity index is 164. The molecule has 0 aromatic heterocycles. The minimum absolute atomic E-state index is 0.00992. The molecule has 0 aliphatic carbocycles. The second-order valence-corrected chi connectivity index (χ2v) is 4.13. The summed E-state index contributed by atoms with van der Waals surface area (Å²) in [6, 6.07) is 0. The lowest BCUT2D eigenvalue weighted by atomic mass is 10.0. The van der Waals surface area contributed by atoms with Crippen LogP contribution in [0.25, 0.3) is 0 Å². The van der Waals surface area contributed by atoms with Crippen LogP contribution in [0.4, 0.5) is 0 Å². The summed E-state index contributed by atoms with van der Waals surface area (Å²) in [7, 11) is 0. The first-order valence-corrected chi connectivity index (χ1v) is 4.82. The Balaban J connectivity index is 3.70. The molecule has 0 aliphatic heterocycles. The maximum Gasteiger partial charge on any atom is 0.320 e. The van der Waals surface area contributed by atoms with E-state index in [1.807, 2.05) is 13.8 Å². The van der Waals surface area contributed by atoms with E-state index >= 15 is 0 Å². The van der Waals surface area contributed by atoms with Crippen molar-refractivity contribution in [2.75, 3.05) is 6.54 Å². The van der Waals surface area contributed by atoms with Crippen molar-refractivity contribution in [2.24, 2.45) is 0 Å². The van der Waals surface area contributed by atoms with Gasteiger partial charge < -0.3 is 10.1 Å². The molecule has 1 N–H and O–H groups in total. The molecule has 78 valence electrons. The van der Waals surface area contributed by atoms with Gasteiger partial charge in [-0.25, -0.2) is 0 Å². The van der Waals surface area contributed by atoms with Crippen LogP contribution in [0.2, 0.25) is 0 Å². The molecule has 0 rings (SSSR count). The summed E-state index contributed by atoms with van der Waals surface area (Å²) < 4.78 is 4.99. The molecular weight excluding hydrogens is 166 g/mol. The molecule has 0 aromatic carbocycles. The molecule has 0 radical (unpaired) electrons. The third kappa shape index (κ3) is 6.58. The van der Waals surface area contributed by atoms with Gasteiger partial charge in [-0.2, -0.15) is 0 Å². The molecule has 0 spiro atoms. The lowest BCUT2D eigenvalue weighted by Crippen LogP contribution is -2.42. The van der Waals surface area contributed by atoms with Gasteiger partial charge in [0.25, 0.3) is 0 Å². The van der Waals surface area contributed by atoms with Crippen LogP contribution in [0, 0.1) is 0 Å². The van der Waals surface area contributed by atoms with Crippen LogP contribution in [0.5, 0.6) is 0 Å². The van der Waals surface area contributed by atoms with Crippen LogP contribution in [0.15, 0.2) is 0 Å². The number of rotatable bonds is 5. The molecule has 0 unspecified atom stereocenters. The Hall–Kier alpha value is -0.570. The van der Waals surface area contributed by atoms with E-state index in [-0.39, 0.29) is 17.6 Å². The second-order valence-electron chi connectivity index (χ2n) is 4.13. The number of hydrogen-bond donors (Lipinski definition) is 1. The van der Waals surface area contributed by atoms with Crippen molar-refractivity contribution in [1.82, 2.24) is 5.32 Å². The van der Waals surface area contributed by atoms with Gasteiger partial charge in [-0.3, -0.25) is 4.79 Å². The maximum absolute atomic E-state index is 11.1. The fourth-order valence-corrected chi connectivity index (χ4v) is 0.741. The van der Waals surface area contributed by atoms with Crippen LogP contribution in [-0.4, -0.2) is 24.2 Å². The first kappa shape index (κ1) is 12.4. The summed E-state index contributed by atoms with van der Waals surface area (Å²) in [5, 5.41) is 3.14. The summed E-state index contributed by atoms with van der Waals surface area (Å²) in [6.07, 6.45) is 0.959. The van der Waals surface area contributed by atoms with E-state index in [0.717, 1.165) is 6.42 Å². The average Bonchev–Trinajstić information content (AvgIpc) is 2.00. The van der Waals surface area contributed by atoms with Crippen LogP contribution < -0.4 is 5.32 Å². The zero-order valence-electron chi connectivity index (χ0n) is 9.31. The van der Waals surface area contributed by atoms with Gasteiger partial charge in [-0.15, -0.1) is 0 Å². The number of esters is 1. The van der Waals surface area contributed by atoms with Gasteiger partial charge in [0.2, 0.25) is 0 Å². The van der Waals surface area contributed by atoms with E-state index in [0.29, 0.717) is 6.54 Å². The normalized spacial score (nSPS) is 11.8. The lowest BCUT2D eigenvalue weighted by Gasteiger charge is -2.24. The van der Waals surface area contributed by atoms with E-state index in [1.54, 1.807) is 0 Å². The van der Waals surface area contributed by atoms with Crippen molar-refractivity contribution < 1.29 is 9.53 Å². The lowest BCUT2D eigenvalue weighted by molar-refractivity contribution is -0.146. The summed E-state index contributed by atoms with van der Waals surface area (Å²) in [5.41, 5.74) is 0.00992. The van der Waals surface area contributed by atoms with Gasteiger partial charge in [0.05, 0.1) is 12.6 Å². The highest BCUT2D eigenvalue weighted by Crippen LogP contribution is 2.05. The summed E-state index contributed by atoms with van der Waals surface area (Å²) in [4.78, 5) is 11.1. The van der Waals surface area contributed by atoms with Crippen LogP contribution in [0.3, 0.4) is 0 Å². The fourth-order valence-electron chi connectivity index (χ4n) is 0.741.